The van der Waals surface area contributed by atoms with Crippen molar-refractivity contribution in [3.63, 3.8) is 0 Å². The number of aryl methyl sites for hydroxylation is 2. The van der Waals surface area contributed by atoms with Gasteiger partial charge in [-0.1, -0.05) is 11.6 Å². The number of aromatic carboxylic acids is 1. The van der Waals surface area contributed by atoms with Crippen LogP contribution in [-0.4, -0.2) is 26.0 Å². The zero-order valence-electron chi connectivity index (χ0n) is 10.2. The van der Waals surface area contributed by atoms with E-state index in [4.69, 9.17) is 16.7 Å². The number of nitrogens with zero attached hydrogens (tertiary/aromatic N) is 3. The van der Waals surface area contributed by atoms with Gasteiger partial charge in [0.25, 0.3) is 0 Å². The Morgan fingerprint density at radius 2 is 1.89 bits per heavy atom. The Labute approximate surface area is 119 Å². The highest BCUT2D eigenvalue weighted by atomic mass is 35.5. The summed E-state index contributed by atoms with van der Waals surface area (Å²) in [5, 5.41) is 10.1. The Morgan fingerprint density at radius 3 is 2.47 bits per heavy atom. The number of rotatable bonds is 3. The van der Waals surface area contributed by atoms with Crippen LogP contribution in [-0.2, 0) is 0 Å². The maximum Gasteiger partial charge on any atom is 0.337 e. The molecule has 0 unspecified atom stereocenters. The van der Waals surface area contributed by atoms with Gasteiger partial charge < -0.3 is 5.11 Å². The van der Waals surface area contributed by atoms with Crippen molar-refractivity contribution in [2.24, 2.45) is 0 Å². The summed E-state index contributed by atoms with van der Waals surface area (Å²) in [6, 6.07) is 3.28. The van der Waals surface area contributed by atoms with Crippen molar-refractivity contribution in [1.29, 1.82) is 0 Å². The molecule has 0 aliphatic carbocycles. The second-order valence-corrected chi connectivity index (χ2v) is 5.24. The standard InChI is InChI=1S/C12H10ClN3O2S/c1-6-3-7(2)16-12(15-6)19-10-4-8(11(17)18)9(13)5-14-10/h3-5H,1-2H3,(H,17,18). The summed E-state index contributed by atoms with van der Waals surface area (Å²) >= 11 is 6.96. The van der Waals surface area contributed by atoms with Gasteiger partial charge in [0.05, 0.1) is 10.6 Å². The summed E-state index contributed by atoms with van der Waals surface area (Å²) in [5.74, 6) is -1.09. The van der Waals surface area contributed by atoms with Crippen LogP contribution in [0.5, 0.6) is 0 Å². The molecule has 0 saturated carbocycles. The Kier molecular flexibility index (Phi) is 4.01. The number of carbonyl (C=O) groups is 1. The number of halogens is 1. The highest BCUT2D eigenvalue weighted by Crippen LogP contribution is 2.26. The van der Waals surface area contributed by atoms with Gasteiger partial charge in [0.2, 0.25) is 0 Å². The molecule has 2 heterocycles. The lowest BCUT2D eigenvalue weighted by Crippen LogP contribution is -1.99. The van der Waals surface area contributed by atoms with Crippen molar-refractivity contribution in [1.82, 2.24) is 15.0 Å². The quantitative estimate of drug-likeness (QED) is 0.877. The van der Waals surface area contributed by atoms with E-state index in [0.717, 1.165) is 11.4 Å². The topological polar surface area (TPSA) is 76.0 Å². The Morgan fingerprint density at radius 1 is 1.26 bits per heavy atom. The van der Waals surface area contributed by atoms with Crippen LogP contribution in [0.25, 0.3) is 0 Å². The summed E-state index contributed by atoms with van der Waals surface area (Å²) in [6.45, 7) is 3.74. The average molecular weight is 296 g/mol. The molecular formula is C12H10ClN3O2S. The molecule has 0 atom stereocenters. The molecule has 0 spiro atoms. The second-order valence-electron chi connectivity index (χ2n) is 3.84. The smallest absolute Gasteiger partial charge is 0.337 e. The van der Waals surface area contributed by atoms with Crippen molar-refractivity contribution in [3.05, 3.63) is 40.3 Å². The Hall–Kier alpha value is -1.66. The molecule has 1 N–H and O–H groups in total. The van der Waals surface area contributed by atoms with Crippen LogP contribution in [0, 0.1) is 13.8 Å². The maximum absolute atomic E-state index is 11.0. The van der Waals surface area contributed by atoms with E-state index in [0.29, 0.717) is 10.2 Å². The molecule has 0 bridgehead atoms. The number of hydrogen-bond acceptors (Lipinski definition) is 5. The molecule has 98 valence electrons. The first kappa shape index (κ1) is 13.8. The number of hydrogen-bond donors (Lipinski definition) is 1. The molecule has 7 heteroatoms. The lowest BCUT2D eigenvalue weighted by atomic mass is 10.3. The van der Waals surface area contributed by atoms with Crippen LogP contribution in [0.4, 0.5) is 0 Å². The monoisotopic (exact) mass is 295 g/mol. The molecule has 0 amide bonds. The average Bonchev–Trinajstić information content (AvgIpc) is 2.30. The van der Waals surface area contributed by atoms with Crippen molar-refractivity contribution >= 4 is 29.3 Å². The summed E-state index contributed by atoms with van der Waals surface area (Å²) in [5.41, 5.74) is 1.72. The van der Waals surface area contributed by atoms with E-state index in [-0.39, 0.29) is 10.6 Å². The van der Waals surface area contributed by atoms with Gasteiger partial charge in [0, 0.05) is 17.6 Å². The molecule has 5 nitrogen and oxygen atoms in total. The van der Waals surface area contributed by atoms with Crippen LogP contribution in [0.15, 0.2) is 28.5 Å². The highest BCUT2D eigenvalue weighted by Gasteiger charge is 2.12. The summed E-state index contributed by atoms with van der Waals surface area (Å²) in [4.78, 5) is 23.6. The summed E-state index contributed by atoms with van der Waals surface area (Å²) in [6.07, 6.45) is 1.32. The Balaban J connectivity index is 2.33. The SMILES string of the molecule is Cc1cc(C)nc(Sc2cc(C(=O)O)c(Cl)cn2)n1. The largest absolute Gasteiger partial charge is 0.478 e. The lowest BCUT2D eigenvalue weighted by molar-refractivity contribution is 0.0696. The minimum Gasteiger partial charge on any atom is -0.478 e. The van der Waals surface area contributed by atoms with Gasteiger partial charge in [0.15, 0.2) is 5.16 Å². The number of pyridine rings is 1. The molecule has 0 radical (unpaired) electrons. The normalized spacial score (nSPS) is 10.5. The van der Waals surface area contributed by atoms with Crippen molar-refractivity contribution in [2.75, 3.05) is 0 Å². The minimum absolute atomic E-state index is 0.0172. The van der Waals surface area contributed by atoms with Crippen molar-refractivity contribution in [2.45, 2.75) is 24.0 Å². The van der Waals surface area contributed by atoms with Crippen LogP contribution in [0.2, 0.25) is 5.02 Å². The molecule has 0 aliphatic rings. The van der Waals surface area contributed by atoms with Gasteiger partial charge in [0.1, 0.15) is 5.03 Å². The number of carboxylic acids is 1. The van der Waals surface area contributed by atoms with Crippen molar-refractivity contribution < 1.29 is 9.90 Å². The molecule has 2 aromatic rings. The first-order valence-electron chi connectivity index (χ1n) is 5.34. The van der Waals surface area contributed by atoms with Crippen LogP contribution in [0.1, 0.15) is 21.7 Å². The van der Waals surface area contributed by atoms with E-state index in [1.807, 2.05) is 19.9 Å². The summed E-state index contributed by atoms with van der Waals surface area (Å²) < 4.78 is 0. The highest BCUT2D eigenvalue weighted by molar-refractivity contribution is 7.99. The van der Waals surface area contributed by atoms with Gasteiger partial charge in [-0.25, -0.2) is 19.7 Å². The third kappa shape index (κ3) is 3.42. The molecule has 0 saturated heterocycles. The molecule has 0 aromatic carbocycles. The van der Waals surface area contributed by atoms with E-state index in [9.17, 15) is 4.79 Å². The van der Waals surface area contributed by atoms with Crippen LogP contribution >= 0.6 is 23.4 Å². The number of aromatic nitrogens is 3. The van der Waals surface area contributed by atoms with Gasteiger partial charge in [-0.05, 0) is 37.7 Å². The van der Waals surface area contributed by atoms with Gasteiger partial charge >= 0.3 is 5.97 Å². The summed E-state index contributed by atoms with van der Waals surface area (Å²) in [7, 11) is 0. The Bertz CT molecular complexity index is 629. The first-order valence-corrected chi connectivity index (χ1v) is 6.54. The fraction of sp³-hybridized carbons (Fsp3) is 0.167. The molecular weight excluding hydrogens is 286 g/mol. The second kappa shape index (κ2) is 5.54. The molecule has 2 rings (SSSR count). The van der Waals surface area contributed by atoms with Gasteiger partial charge in [-0.3, -0.25) is 0 Å². The maximum atomic E-state index is 11.0. The van der Waals surface area contributed by atoms with E-state index in [1.165, 1.54) is 24.0 Å². The van der Waals surface area contributed by atoms with E-state index in [2.05, 4.69) is 15.0 Å². The minimum atomic E-state index is -1.09. The third-order valence-corrected chi connectivity index (χ3v) is 3.32. The fourth-order valence-electron chi connectivity index (χ4n) is 1.47. The fourth-order valence-corrected chi connectivity index (χ4v) is 2.50. The van der Waals surface area contributed by atoms with Gasteiger partial charge in [-0.2, -0.15) is 0 Å². The third-order valence-electron chi connectivity index (χ3n) is 2.22. The van der Waals surface area contributed by atoms with E-state index < -0.39 is 5.97 Å². The molecule has 2 aromatic heterocycles. The molecule has 19 heavy (non-hydrogen) atoms. The van der Waals surface area contributed by atoms with Gasteiger partial charge in [-0.15, -0.1) is 0 Å². The lowest BCUT2D eigenvalue weighted by Gasteiger charge is -2.04. The predicted molar refractivity (Wildman–Crippen MR) is 71.8 cm³/mol. The van der Waals surface area contributed by atoms with E-state index >= 15 is 0 Å². The molecule has 0 fully saturated rings. The molecule has 0 aliphatic heterocycles. The van der Waals surface area contributed by atoms with Crippen LogP contribution < -0.4 is 0 Å². The zero-order valence-corrected chi connectivity index (χ0v) is 11.8. The predicted octanol–water partition coefficient (Wildman–Crippen LogP) is 2.99. The van der Waals surface area contributed by atoms with Crippen LogP contribution in [0.3, 0.4) is 0 Å². The van der Waals surface area contributed by atoms with E-state index in [1.54, 1.807) is 0 Å². The number of carboxylic acid groups (broad SMARTS) is 1. The zero-order chi connectivity index (χ0) is 14.0. The van der Waals surface area contributed by atoms with Crippen molar-refractivity contribution in [3.8, 4) is 0 Å². The first-order chi connectivity index (χ1) is 8.95.